The predicted octanol–water partition coefficient (Wildman–Crippen LogP) is 4.70. The Morgan fingerprint density at radius 3 is 2.68 bits per heavy atom. The quantitative estimate of drug-likeness (QED) is 0.708. The standard InChI is InChI=1S/C18H22O/c1-4-9-18-12-15(11-16(18)10-13(18)2)14-5-7-17(19-3)8-6-14/h4-8,12-13,16H,1,9-11H2,2-3H3/t13-,16?,18-/m0/s1. The molecule has 0 aliphatic heterocycles. The second-order valence-corrected chi connectivity index (χ2v) is 6.04. The molecule has 2 aliphatic rings. The van der Waals surface area contributed by atoms with Crippen LogP contribution in [0.15, 0.2) is 43.0 Å². The zero-order valence-electron chi connectivity index (χ0n) is 11.9. The Kier molecular flexibility index (Phi) is 3.00. The smallest absolute Gasteiger partial charge is 0.118 e. The number of fused-ring (bicyclic) bond motifs is 1. The Bertz CT molecular complexity index is 511. The molecule has 0 saturated heterocycles. The van der Waals surface area contributed by atoms with E-state index in [1.165, 1.54) is 24.0 Å². The third-order valence-electron chi connectivity index (χ3n) is 5.18. The highest BCUT2D eigenvalue weighted by Gasteiger charge is 2.53. The maximum atomic E-state index is 5.23. The van der Waals surface area contributed by atoms with Crippen molar-refractivity contribution >= 4 is 5.57 Å². The lowest BCUT2D eigenvalue weighted by Crippen LogP contribution is -2.43. The number of rotatable bonds is 4. The molecule has 1 heteroatoms. The van der Waals surface area contributed by atoms with Gasteiger partial charge in [-0.15, -0.1) is 6.58 Å². The summed E-state index contributed by atoms with van der Waals surface area (Å²) in [6.07, 6.45) is 8.35. The summed E-state index contributed by atoms with van der Waals surface area (Å²) in [5.41, 5.74) is 3.27. The Morgan fingerprint density at radius 1 is 1.37 bits per heavy atom. The molecule has 3 rings (SSSR count). The van der Waals surface area contributed by atoms with Gasteiger partial charge in [0.2, 0.25) is 0 Å². The Hall–Kier alpha value is -1.50. The Balaban J connectivity index is 1.89. The Labute approximate surface area is 116 Å². The van der Waals surface area contributed by atoms with Gasteiger partial charge in [0, 0.05) is 0 Å². The van der Waals surface area contributed by atoms with Gasteiger partial charge in [-0.1, -0.05) is 31.2 Å². The van der Waals surface area contributed by atoms with Crippen LogP contribution in [0.25, 0.3) is 5.57 Å². The molecule has 0 amide bonds. The molecule has 2 aliphatic carbocycles. The molecule has 0 aromatic heterocycles. The van der Waals surface area contributed by atoms with E-state index < -0.39 is 0 Å². The molecule has 19 heavy (non-hydrogen) atoms. The SMILES string of the molecule is C=CC[C@@]12C=C(c3ccc(OC)cc3)CC1C[C@@H]2C. The van der Waals surface area contributed by atoms with E-state index in [0.29, 0.717) is 5.41 Å². The molecule has 1 nitrogen and oxygen atoms in total. The summed E-state index contributed by atoms with van der Waals surface area (Å²) in [4.78, 5) is 0. The number of hydrogen-bond donors (Lipinski definition) is 0. The van der Waals surface area contributed by atoms with Gasteiger partial charge in [0.15, 0.2) is 0 Å². The first-order valence-electron chi connectivity index (χ1n) is 7.16. The van der Waals surface area contributed by atoms with Crippen molar-refractivity contribution in [3.8, 4) is 5.75 Å². The maximum Gasteiger partial charge on any atom is 0.118 e. The summed E-state index contributed by atoms with van der Waals surface area (Å²) in [7, 11) is 1.71. The first-order valence-corrected chi connectivity index (χ1v) is 7.16. The minimum atomic E-state index is 0.400. The third kappa shape index (κ3) is 1.83. The van der Waals surface area contributed by atoms with E-state index >= 15 is 0 Å². The number of methoxy groups -OCH3 is 1. The zero-order chi connectivity index (χ0) is 13.5. The highest BCUT2D eigenvalue weighted by atomic mass is 16.5. The maximum absolute atomic E-state index is 5.23. The van der Waals surface area contributed by atoms with Crippen molar-refractivity contribution < 1.29 is 4.74 Å². The average Bonchev–Trinajstić information content (AvgIpc) is 2.73. The number of hydrogen-bond acceptors (Lipinski definition) is 1. The first-order chi connectivity index (χ1) is 9.19. The largest absolute Gasteiger partial charge is 0.497 e. The average molecular weight is 254 g/mol. The van der Waals surface area contributed by atoms with E-state index in [-0.39, 0.29) is 0 Å². The van der Waals surface area contributed by atoms with Gasteiger partial charge >= 0.3 is 0 Å². The van der Waals surface area contributed by atoms with Crippen molar-refractivity contribution in [2.75, 3.05) is 7.11 Å². The lowest BCUT2D eigenvalue weighted by molar-refractivity contribution is 0.0225. The summed E-state index contributed by atoms with van der Waals surface area (Å²) < 4.78 is 5.23. The molecule has 0 bridgehead atoms. The van der Waals surface area contributed by atoms with Crippen molar-refractivity contribution in [3.63, 3.8) is 0 Å². The molecule has 1 aromatic carbocycles. The van der Waals surface area contributed by atoms with Gasteiger partial charge < -0.3 is 4.74 Å². The van der Waals surface area contributed by atoms with Crippen LogP contribution in [-0.2, 0) is 0 Å². The van der Waals surface area contributed by atoms with Gasteiger partial charge in [-0.05, 0) is 59.8 Å². The zero-order valence-corrected chi connectivity index (χ0v) is 11.9. The van der Waals surface area contributed by atoms with Crippen LogP contribution >= 0.6 is 0 Å². The lowest BCUT2D eigenvalue weighted by Gasteiger charge is -2.50. The minimum Gasteiger partial charge on any atom is -0.497 e. The predicted molar refractivity (Wildman–Crippen MR) is 80.1 cm³/mol. The fraction of sp³-hybridized carbons (Fsp3) is 0.444. The molecular formula is C18H22O. The summed E-state index contributed by atoms with van der Waals surface area (Å²) >= 11 is 0. The Morgan fingerprint density at radius 2 is 2.11 bits per heavy atom. The monoisotopic (exact) mass is 254 g/mol. The molecule has 1 fully saturated rings. The number of ether oxygens (including phenoxy) is 1. The molecule has 3 atom stereocenters. The summed E-state index contributed by atoms with van der Waals surface area (Å²) in [6, 6.07) is 8.48. The van der Waals surface area contributed by atoms with Crippen molar-refractivity contribution in [2.24, 2.45) is 17.3 Å². The second-order valence-electron chi connectivity index (χ2n) is 6.04. The minimum absolute atomic E-state index is 0.400. The molecule has 0 spiro atoms. The normalized spacial score (nSPS) is 32.2. The highest BCUT2D eigenvalue weighted by Crippen LogP contribution is 2.63. The second kappa shape index (κ2) is 4.56. The van der Waals surface area contributed by atoms with Crippen molar-refractivity contribution in [1.82, 2.24) is 0 Å². The van der Waals surface area contributed by atoms with Gasteiger partial charge in [0.1, 0.15) is 5.75 Å². The first kappa shape index (κ1) is 12.5. The molecule has 1 unspecified atom stereocenters. The van der Waals surface area contributed by atoms with Crippen LogP contribution < -0.4 is 4.74 Å². The van der Waals surface area contributed by atoms with Gasteiger partial charge in [-0.2, -0.15) is 0 Å². The fourth-order valence-corrected chi connectivity index (χ4v) is 3.97. The fourth-order valence-electron chi connectivity index (χ4n) is 3.97. The molecule has 1 aromatic rings. The summed E-state index contributed by atoms with van der Waals surface area (Å²) in [5, 5.41) is 0. The summed E-state index contributed by atoms with van der Waals surface area (Å²) in [6.45, 7) is 6.33. The van der Waals surface area contributed by atoms with Crippen molar-refractivity contribution in [2.45, 2.75) is 26.2 Å². The van der Waals surface area contributed by atoms with E-state index in [1.807, 2.05) is 0 Å². The highest BCUT2D eigenvalue weighted by molar-refractivity contribution is 5.70. The molecule has 100 valence electrons. The topological polar surface area (TPSA) is 9.23 Å². The molecular weight excluding hydrogens is 232 g/mol. The van der Waals surface area contributed by atoms with Crippen molar-refractivity contribution in [3.05, 3.63) is 48.6 Å². The van der Waals surface area contributed by atoms with E-state index in [9.17, 15) is 0 Å². The molecule has 1 saturated carbocycles. The van der Waals surface area contributed by atoms with Gasteiger partial charge in [0.05, 0.1) is 7.11 Å². The lowest BCUT2D eigenvalue weighted by atomic mass is 9.54. The van der Waals surface area contributed by atoms with Gasteiger partial charge in [-0.3, -0.25) is 0 Å². The van der Waals surface area contributed by atoms with Crippen LogP contribution in [-0.4, -0.2) is 7.11 Å². The van der Waals surface area contributed by atoms with Crippen LogP contribution in [0.5, 0.6) is 5.75 Å². The van der Waals surface area contributed by atoms with E-state index in [4.69, 9.17) is 4.74 Å². The number of allylic oxidation sites excluding steroid dienone is 3. The van der Waals surface area contributed by atoms with Crippen LogP contribution in [0.2, 0.25) is 0 Å². The van der Waals surface area contributed by atoms with E-state index in [2.05, 4.69) is 49.9 Å². The van der Waals surface area contributed by atoms with Crippen LogP contribution in [0.3, 0.4) is 0 Å². The third-order valence-corrected chi connectivity index (χ3v) is 5.18. The number of benzene rings is 1. The van der Waals surface area contributed by atoms with Crippen LogP contribution in [0.1, 0.15) is 31.7 Å². The molecule has 0 heterocycles. The summed E-state index contributed by atoms with van der Waals surface area (Å²) in [5.74, 6) is 2.56. The van der Waals surface area contributed by atoms with Crippen LogP contribution in [0.4, 0.5) is 0 Å². The van der Waals surface area contributed by atoms with Gasteiger partial charge in [-0.25, -0.2) is 0 Å². The van der Waals surface area contributed by atoms with E-state index in [0.717, 1.165) is 24.0 Å². The van der Waals surface area contributed by atoms with E-state index in [1.54, 1.807) is 7.11 Å². The van der Waals surface area contributed by atoms with Gasteiger partial charge in [0.25, 0.3) is 0 Å². The molecule has 0 N–H and O–H groups in total. The molecule has 0 radical (unpaired) electrons. The van der Waals surface area contributed by atoms with Crippen LogP contribution in [0, 0.1) is 17.3 Å². The van der Waals surface area contributed by atoms with Crippen molar-refractivity contribution in [1.29, 1.82) is 0 Å².